The van der Waals surface area contributed by atoms with Crippen LogP contribution in [0.2, 0.25) is 0 Å². The van der Waals surface area contributed by atoms with E-state index in [2.05, 4.69) is 4.74 Å². The van der Waals surface area contributed by atoms with Crippen LogP contribution >= 0.6 is 0 Å². The molecule has 0 aromatic heterocycles. The fraction of sp³-hybridized carbons (Fsp3) is 0.714. The number of aliphatic hydroxyl groups is 2. The minimum absolute atomic E-state index is 0.00129. The largest absolute Gasteiger partial charge is 0.462 e. The molecule has 0 spiro atoms. The molecular weight excluding hydrogens is 164 g/mol. The zero-order valence-electron chi connectivity index (χ0n) is 7.03. The van der Waals surface area contributed by atoms with Crippen molar-refractivity contribution in [3.63, 3.8) is 0 Å². The van der Waals surface area contributed by atoms with Gasteiger partial charge in [0.1, 0.15) is 0 Å². The summed E-state index contributed by atoms with van der Waals surface area (Å²) in [7, 11) is 0. The molecule has 0 atom stereocenters. The number of rotatable bonds is 4. The van der Waals surface area contributed by atoms with Gasteiger partial charge in [-0.25, -0.2) is 4.79 Å². The Morgan fingerprint density at radius 1 is 1.33 bits per heavy atom. The van der Waals surface area contributed by atoms with E-state index in [1.54, 1.807) is 0 Å². The second-order valence-corrected chi connectivity index (χ2v) is 2.17. The first-order valence-electron chi connectivity index (χ1n) is 3.62. The summed E-state index contributed by atoms with van der Waals surface area (Å²) in [4.78, 5) is 21.5. The van der Waals surface area contributed by atoms with E-state index in [-0.39, 0.29) is 13.0 Å². The second-order valence-electron chi connectivity index (χ2n) is 2.17. The summed E-state index contributed by atoms with van der Waals surface area (Å²) in [6.45, 7) is 2.92. The molecule has 0 aromatic rings. The Labute approximate surface area is 70.0 Å². The lowest BCUT2D eigenvalue weighted by Crippen LogP contribution is -2.47. The van der Waals surface area contributed by atoms with Crippen LogP contribution in [-0.4, -0.2) is 34.4 Å². The molecule has 70 valence electrons. The highest BCUT2D eigenvalue weighted by molar-refractivity contribution is 6.04. The van der Waals surface area contributed by atoms with Gasteiger partial charge in [0.25, 0.3) is 0 Å². The van der Waals surface area contributed by atoms with Crippen LogP contribution in [0.3, 0.4) is 0 Å². The Morgan fingerprint density at radius 3 is 2.17 bits per heavy atom. The standard InChI is InChI=1S/C7H12O5/c1-3-5(8)7(10,11)6(9)12-4-2/h10-11H,3-4H2,1-2H3. The van der Waals surface area contributed by atoms with E-state index in [1.807, 2.05) is 0 Å². The third kappa shape index (κ3) is 2.28. The Balaban J connectivity index is 4.38. The molecule has 0 rings (SSSR count). The highest BCUT2D eigenvalue weighted by Gasteiger charge is 2.41. The van der Waals surface area contributed by atoms with Crippen LogP contribution in [0, 0.1) is 0 Å². The summed E-state index contributed by atoms with van der Waals surface area (Å²) in [5, 5.41) is 17.8. The molecule has 0 aliphatic rings. The number of carbonyl (C=O) groups excluding carboxylic acids is 2. The first kappa shape index (κ1) is 11.1. The van der Waals surface area contributed by atoms with Gasteiger partial charge in [0.05, 0.1) is 6.61 Å². The van der Waals surface area contributed by atoms with Gasteiger partial charge in [0, 0.05) is 6.42 Å². The minimum atomic E-state index is -2.98. The Morgan fingerprint density at radius 2 is 1.83 bits per heavy atom. The van der Waals surface area contributed by atoms with Gasteiger partial charge in [0.2, 0.25) is 5.78 Å². The van der Waals surface area contributed by atoms with Crippen molar-refractivity contribution >= 4 is 11.8 Å². The van der Waals surface area contributed by atoms with Crippen LogP contribution in [0.5, 0.6) is 0 Å². The summed E-state index contributed by atoms with van der Waals surface area (Å²) < 4.78 is 4.27. The number of esters is 1. The highest BCUT2D eigenvalue weighted by atomic mass is 16.6. The molecule has 0 aliphatic heterocycles. The normalized spacial score (nSPS) is 11.0. The quantitative estimate of drug-likeness (QED) is 0.333. The van der Waals surface area contributed by atoms with Crippen molar-refractivity contribution in [1.29, 1.82) is 0 Å². The fourth-order valence-electron chi connectivity index (χ4n) is 0.592. The molecule has 0 aliphatic carbocycles. The predicted molar refractivity (Wildman–Crippen MR) is 39.1 cm³/mol. The monoisotopic (exact) mass is 176 g/mol. The van der Waals surface area contributed by atoms with Crippen LogP contribution in [-0.2, 0) is 14.3 Å². The average molecular weight is 176 g/mol. The zero-order valence-corrected chi connectivity index (χ0v) is 7.03. The van der Waals surface area contributed by atoms with Gasteiger partial charge in [-0.05, 0) is 6.92 Å². The van der Waals surface area contributed by atoms with Crippen molar-refractivity contribution in [3.05, 3.63) is 0 Å². The molecule has 5 heteroatoms. The van der Waals surface area contributed by atoms with Crippen molar-refractivity contribution in [2.45, 2.75) is 26.1 Å². The molecule has 0 aromatic carbocycles. The fourth-order valence-corrected chi connectivity index (χ4v) is 0.592. The SMILES string of the molecule is CCOC(=O)C(O)(O)C(=O)CC. The maximum Gasteiger partial charge on any atom is 0.374 e. The summed E-state index contributed by atoms with van der Waals surface area (Å²) in [5.41, 5.74) is 0. The maximum atomic E-state index is 10.7. The number of hydrogen-bond acceptors (Lipinski definition) is 5. The molecule has 0 fully saturated rings. The summed E-state index contributed by atoms with van der Waals surface area (Å²) in [6.07, 6.45) is -0.133. The third-order valence-electron chi connectivity index (χ3n) is 1.27. The number of ether oxygens (including phenoxy) is 1. The van der Waals surface area contributed by atoms with E-state index < -0.39 is 17.5 Å². The zero-order chi connectivity index (χ0) is 9.78. The lowest BCUT2D eigenvalue weighted by Gasteiger charge is -2.16. The summed E-state index contributed by atoms with van der Waals surface area (Å²) in [5.74, 6) is -5.28. The summed E-state index contributed by atoms with van der Waals surface area (Å²) in [6, 6.07) is 0. The van der Waals surface area contributed by atoms with Crippen molar-refractivity contribution in [2.24, 2.45) is 0 Å². The minimum Gasteiger partial charge on any atom is -0.462 e. The summed E-state index contributed by atoms with van der Waals surface area (Å²) >= 11 is 0. The van der Waals surface area contributed by atoms with Gasteiger partial charge in [0.15, 0.2) is 0 Å². The molecule has 0 heterocycles. The first-order valence-corrected chi connectivity index (χ1v) is 3.62. The van der Waals surface area contributed by atoms with Crippen LogP contribution in [0.4, 0.5) is 0 Å². The molecule has 0 amide bonds. The maximum absolute atomic E-state index is 10.7. The Bertz CT molecular complexity index is 184. The Hall–Kier alpha value is -0.940. The number of Topliss-reactive ketones (excluding diaryl/α,β-unsaturated/α-hetero) is 1. The van der Waals surface area contributed by atoms with Crippen molar-refractivity contribution < 1.29 is 24.5 Å². The molecule has 0 saturated carbocycles. The van der Waals surface area contributed by atoms with Crippen LogP contribution in [0.1, 0.15) is 20.3 Å². The smallest absolute Gasteiger partial charge is 0.374 e. The predicted octanol–water partition coefficient (Wildman–Crippen LogP) is -0.791. The molecule has 2 N–H and O–H groups in total. The van der Waals surface area contributed by atoms with Crippen molar-refractivity contribution in [1.82, 2.24) is 0 Å². The van der Waals surface area contributed by atoms with E-state index in [0.29, 0.717) is 0 Å². The van der Waals surface area contributed by atoms with Gasteiger partial charge >= 0.3 is 11.8 Å². The lowest BCUT2D eigenvalue weighted by atomic mass is 10.1. The van der Waals surface area contributed by atoms with Crippen LogP contribution in [0.25, 0.3) is 0 Å². The highest BCUT2D eigenvalue weighted by Crippen LogP contribution is 2.06. The average Bonchev–Trinajstić information content (AvgIpc) is 2.03. The molecule has 0 unspecified atom stereocenters. The van der Waals surface area contributed by atoms with E-state index in [0.717, 1.165) is 0 Å². The number of hydrogen-bond donors (Lipinski definition) is 2. The molecular formula is C7H12O5. The van der Waals surface area contributed by atoms with E-state index >= 15 is 0 Å². The van der Waals surface area contributed by atoms with Crippen LogP contribution < -0.4 is 0 Å². The molecule has 0 radical (unpaired) electrons. The molecule has 0 saturated heterocycles. The topological polar surface area (TPSA) is 83.8 Å². The van der Waals surface area contributed by atoms with Crippen LogP contribution in [0.15, 0.2) is 0 Å². The van der Waals surface area contributed by atoms with E-state index in [4.69, 9.17) is 10.2 Å². The first-order chi connectivity index (χ1) is 5.46. The molecule has 0 bridgehead atoms. The van der Waals surface area contributed by atoms with E-state index in [9.17, 15) is 9.59 Å². The molecule has 5 nitrogen and oxygen atoms in total. The number of ketones is 1. The second kappa shape index (κ2) is 4.18. The van der Waals surface area contributed by atoms with Gasteiger partial charge in [-0.3, -0.25) is 4.79 Å². The third-order valence-corrected chi connectivity index (χ3v) is 1.27. The van der Waals surface area contributed by atoms with Gasteiger partial charge in [-0.15, -0.1) is 0 Å². The Kier molecular flexibility index (Phi) is 3.85. The van der Waals surface area contributed by atoms with Gasteiger partial charge in [-0.1, -0.05) is 6.92 Å². The van der Waals surface area contributed by atoms with Crippen molar-refractivity contribution in [2.75, 3.05) is 6.61 Å². The van der Waals surface area contributed by atoms with Gasteiger partial charge < -0.3 is 14.9 Å². The van der Waals surface area contributed by atoms with Gasteiger partial charge in [-0.2, -0.15) is 0 Å². The lowest BCUT2D eigenvalue weighted by molar-refractivity contribution is -0.208. The van der Waals surface area contributed by atoms with E-state index in [1.165, 1.54) is 13.8 Å². The number of carbonyl (C=O) groups is 2. The molecule has 12 heavy (non-hydrogen) atoms. The van der Waals surface area contributed by atoms with Crippen molar-refractivity contribution in [3.8, 4) is 0 Å².